The summed E-state index contributed by atoms with van der Waals surface area (Å²) in [6, 6.07) is 0. The first-order valence-electron chi connectivity index (χ1n) is 9.70. The molecule has 0 aromatic rings. The third kappa shape index (κ3) is 5.41. The van der Waals surface area contributed by atoms with E-state index in [4.69, 9.17) is 8.85 Å². The zero-order valence-electron chi connectivity index (χ0n) is 18.7. The normalized spacial score (nSPS) is 23.8. The van der Waals surface area contributed by atoms with E-state index >= 15 is 0 Å². The zero-order valence-corrected chi connectivity index (χ0v) is 20.7. The fourth-order valence-electron chi connectivity index (χ4n) is 2.56. The first-order chi connectivity index (χ1) is 11.0. The van der Waals surface area contributed by atoms with Crippen molar-refractivity contribution < 1.29 is 8.85 Å². The predicted octanol–water partition coefficient (Wildman–Crippen LogP) is 7.06. The van der Waals surface area contributed by atoms with Crippen molar-refractivity contribution in [3.63, 3.8) is 0 Å². The van der Waals surface area contributed by atoms with Crippen LogP contribution in [0.25, 0.3) is 0 Å². The number of hydrogen-bond donors (Lipinski definition) is 0. The average Bonchev–Trinajstić information content (AvgIpc) is 2.39. The molecule has 0 spiro atoms. The minimum atomic E-state index is -1.83. The SMILES string of the molecule is C=C1[C@H](O[Si](C)(C)C(C)(C)C)CC(=CC)C[C@H]1O[Si](C)(C)C(C)(C)C. The quantitative estimate of drug-likeness (QED) is 0.382. The third-order valence-corrected chi connectivity index (χ3v) is 15.6. The van der Waals surface area contributed by atoms with Crippen LogP contribution in [0.5, 0.6) is 0 Å². The van der Waals surface area contributed by atoms with Crippen molar-refractivity contribution in [2.75, 3.05) is 0 Å². The van der Waals surface area contributed by atoms with Crippen LogP contribution in [0.1, 0.15) is 61.3 Å². The molecule has 1 aliphatic rings. The molecule has 0 aliphatic heterocycles. The Labute approximate surface area is 159 Å². The summed E-state index contributed by atoms with van der Waals surface area (Å²) in [5.41, 5.74) is 2.60. The average molecular weight is 383 g/mol. The number of allylic oxidation sites excluding steroid dienone is 1. The molecule has 0 unspecified atom stereocenters. The van der Waals surface area contributed by atoms with E-state index in [1.54, 1.807) is 0 Å². The summed E-state index contributed by atoms with van der Waals surface area (Å²) >= 11 is 0. The highest BCUT2D eigenvalue weighted by atomic mass is 28.4. The monoisotopic (exact) mass is 382 g/mol. The van der Waals surface area contributed by atoms with Gasteiger partial charge in [-0.15, -0.1) is 0 Å². The van der Waals surface area contributed by atoms with Gasteiger partial charge in [0.25, 0.3) is 0 Å². The summed E-state index contributed by atoms with van der Waals surface area (Å²) in [5.74, 6) is 0. The van der Waals surface area contributed by atoms with Crippen LogP contribution in [0, 0.1) is 0 Å². The molecule has 4 heteroatoms. The first-order valence-corrected chi connectivity index (χ1v) is 15.5. The summed E-state index contributed by atoms with van der Waals surface area (Å²) in [6.45, 7) is 29.7. The summed E-state index contributed by atoms with van der Waals surface area (Å²) in [4.78, 5) is 0. The second-order valence-electron chi connectivity index (χ2n) is 10.7. The largest absolute Gasteiger partial charge is 0.410 e. The van der Waals surface area contributed by atoms with E-state index < -0.39 is 16.6 Å². The van der Waals surface area contributed by atoms with Gasteiger partial charge >= 0.3 is 0 Å². The minimum Gasteiger partial charge on any atom is -0.410 e. The Hall–Kier alpha value is -0.166. The van der Waals surface area contributed by atoms with E-state index in [9.17, 15) is 0 Å². The van der Waals surface area contributed by atoms with Gasteiger partial charge in [0.1, 0.15) is 0 Å². The lowest BCUT2D eigenvalue weighted by Gasteiger charge is -2.46. The molecular formula is C21H42O2Si2. The van der Waals surface area contributed by atoms with Crippen LogP contribution in [0.15, 0.2) is 23.8 Å². The van der Waals surface area contributed by atoms with Crippen molar-refractivity contribution in [1.82, 2.24) is 0 Å². The van der Waals surface area contributed by atoms with Crippen LogP contribution in [0.4, 0.5) is 0 Å². The highest BCUT2D eigenvalue weighted by Crippen LogP contribution is 2.44. The maximum absolute atomic E-state index is 6.75. The molecule has 1 saturated carbocycles. The molecule has 0 bridgehead atoms. The van der Waals surface area contributed by atoms with Gasteiger partial charge in [-0.2, -0.15) is 0 Å². The molecule has 2 nitrogen and oxygen atoms in total. The molecule has 0 radical (unpaired) electrons. The molecule has 0 amide bonds. The fraction of sp³-hybridized carbons (Fsp3) is 0.810. The van der Waals surface area contributed by atoms with Crippen LogP contribution < -0.4 is 0 Å². The van der Waals surface area contributed by atoms with Crippen molar-refractivity contribution >= 4 is 16.6 Å². The van der Waals surface area contributed by atoms with E-state index in [1.807, 2.05) is 0 Å². The molecule has 1 fully saturated rings. The molecule has 0 aromatic carbocycles. The van der Waals surface area contributed by atoms with Gasteiger partial charge < -0.3 is 8.85 Å². The Balaban J connectivity index is 3.05. The zero-order chi connectivity index (χ0) is 19.8. The summed E-state index contributed by atoms with van der Waals surface area (Å²) < 4.78 is 13.5. The summed E-state index contributed by atoms with van der Waals surface area (Å²) in [5, 5.41) is 0.410. The third-order valence-electron chi connectivity index (χ3n) is 6.62. The Morgan fingerprint density at radius 3 is 1.40 bits per heavy atom. The summed E-state index contributed by atoms with van der Waals surface area (Å²) in [6.07, 6.45) is 4.38. The van der Waals surface area contributed by atoms with Gasteiger partial charge in [0.15, 0.2) is 16.6 Å². The van der Waals surface area contributed by atoms with E-state index in [2.05, 4.69) is 87.3 Å². The van der Waals surface area contributed by atoms with Crippen LogP contribution in [0.3, 0.4) is 0 Å². The second-order valence-corrected chi connectivity index (χ2v) is 20.2. The lowest BCUT2D eigenvalue weighted by molar-refractivity contribution is 0.132. The maximum Gasteiger partial charge on any atom is 0.192 e. The van der Waals surface area contributed by atoms with Crippen LogP contribution in [-0.4, -0.2) is 28.8 Å². The van der Waals surface area contributed by atoms with Crippen molar-refractivity contribution in [2.45, 2.75) is 110 Å². The standard InChI is InChI=1S/C21H42O2Si2/c1-13-17-14-18(22-24(9,10)20(3,4)5)16(2)19(15-17)23-25(11,12)21(6,7)8/h13,18-19H,2,14-15H2,1,3-12H3/t18-,19-/m1/s1. The van der Waals surface area contributed by atoms with Crippen molar-refractivity contribution in [2.24, 2.45) is 0 Å². The molecule has 25 heavy (non-hydrogen) atoms. The Morgan fingerprint density at radius 1 is 0.840 bits per heavy atom. The molecule has 146 valence electrons. The van der Waals surface area contributed by atoms with E-state index in [0.717, 1.165) is 18.4 Å². The maximum atomic E-state index is 6.75. The lowest BCUT2D eigenvalue weighted by atomic mass is 9.86. The van der Waals surface area contributed by atoms with Gasteiger partial charge in [-0.25, -0.2) is 0 Å². The highest BCUT2D eigenvalue weighted by molar-refractivity contribution is 6.74. The van der Waals surface area contributed by atoms with Crippen molar-refractivity contribution in [1.29, 1.82) is 0 Å². The van der Waals surface area contributed by atoms with E-state index in [1.165, 1.54) is 5.57 Å². The number of hydrogen-bond acceptors (Lipinski definition) is 2. The molecular weight excluding hydrogens is 340 g/mol. The van der Waals surface area contributed by atoms with Crippen molar-refractivity contribution in [3.05, 3.63) is 23.8 Å². The lowest BCUT2D eigenvalue weighted by Crippen LogP contribution is -2.49. The predicted molar refractivity (Wildman–Crippen MR) is 116 cm³/mol. The molecule has 0 N–H and O–H groups in total. The molecule has 2 atom stereocenters. The fourth-order valence-corrected chi connectivity index (χ4v) is 5.16. The molecule has 1 aliphatic carbocycles. The molecule has 0 saturated heterocycles. The Bertz CT molecular complexity index is 477. The van der Waals surface area contributed by atoms with Gasteiger partial charge in [0, 0.05) is 0 Å². The topological polar surface area (TPSA) is 18.5 Å². The van der Waals surface area contributed by atoms with Crippen LogP contribution in [0.2, 0.25) is 36.3 Å². The van der Waals surface area contributed by atoms with E-state index in [0.29, 0.717) is 0 Å². The highest BCUT2D eigenvalue weighted by Gasteiger charge is 2.44. The summed E-state index contributed by atoms with van der Waals surface area (Å²) in [7, 11) is -3.67. The minimum absolute atomic E-state index is 0.0932. The molecule has 0 aromatic heterocycles. The second kappa shape index (κ2) is 7.45. The smallest absolute Gasteiger partial charge is 0.192 e. The van der Waals surface area contributed by atoms with Crippen molar-refractivity contribution in [3.8, 4) is 0 Å². The van der Waals surface area contributed by atoms with E-state index in [-0.39, 0.29) is 22.3 Å². The van der Waals surface area contributed by atoms with Gasteiger partial charge in [-0.3, -0.25) is 0 Å². The Morgan fingerprint density at radius 2 is 1.16 bits per heavy atom. The van der Waals surface area contributed by atoms with Gasteiger partial charge in [0.2, 0.25) is 0 Å². The molecule has 1 rings (SSSR count). The Kier molecular flexibility index (Phi) is 6.82. The van der Waals surface area contributed by atoms with Gasteiger partial charge in [-0.1, -0.05) is 59.8 Å². The van der Waals surface area contributed by atoms with Crippen LogP contribution >= 0.6 is 0 Å². The number of rotatable bonds is 4. The van der Waals surface area contributed by atoms with Gasteiger partial charge in [0.05, 0.1) is 12.2 Å². The van der Waals surface area contributed by atoms with Gasteiger partial charge in [-0.05, 0) is 61.6 Å². The molecule has 0 heterocycles. The first kappa shape index (κ1) is 22.9. The van der Waals surface area contributed by atoms with Crippen LogP contribution in [-0.2, 0) is 8.85 Å².